The van der Waals surface area contributed by atoms with Gasteiger partial charge in [-0.05, 0) is 57.7 Å². The Morgan fingerprint density at radius 1 is 1.12 bits per heavy atom. The van der Waals surface area contributed by atoms with Gasteiger partial charge in [-0.3, -0.25) is 0 Å². The zero-order valence-corrected chi connectivity index (χ0v) is 10.6. The molecule has 0 aliphatic heterocycles. The van der Waals surface area contributed by atoms with Gasteiger partial charge in [0.1, 0.15) is 0 Å². The molecule has 0 fully saturated rings. The van der Waals surface area contributed by atoms with Gasteiger partial charge in [0.2, 0.25) is 0 Å². The first kappa shape index (κ1) is 13.8. The second kappa shape index (κ2) is 7.14. The Balaban J connectivity index is 2.16. The topological polar surface area (TPSA) is 55.7 Å². The van der Waals surface area contributed by atoms with Crippen LogP contribution in [0.25, 0.3) is 0 Å². The summed E-state index contributed by atoms with van der Waals surface area (Å²) in [4.78, 5) is 2.18. The van der Waals surface area contributed by atoms with Crippen molar-refractivity contribution in [3.05, 3.63) is 23.8 Å². The first-order valence-corrected chi connectivity index (χ1v) is 5.96. The van der Waals surface area contributed by atoms with E-state index in [4.69, 9.17) is 5.11 Å². The molecule has 96 valence electrons. The summed E-state index contributed by atoms with van der Waals surface area (Å²) in [6.45, 7) is 2.80. The Labute approximate surface area is 103 Å². The number of benzene rings is 1. The van der Waals surface area contributed by atoms with E-state index in [2.05, 4.69) is 24.3 Å². The molecule has 0 spiro atoms. The van der Waals surface area contributed by atoms with Crippen LogP contribution in [0.15, 0.2) is 18.2 Å². The van der Waals surface area contributed by atoms with Crippen molar-refractivity contribution in [2.45, 2.75) is 19.4 Å². The average Bonchev–Trinajstić information content (AvgIpc) is 2.27. The second-order valence-electron chi connectivity index (χ2n) is 4.51. The van der Waals surface area contributed by atoms with Crippen molar-refractivity contribution in [1.29, 1.82) is 0 Å². The van der Waals surface area contributed by atoms with Crippen molar-refractivity contribution in [1.82, 2.24) is 10.2 Å². The summed E-state index contributed by atoms with van der Waals surface area (Å²) >= 11 is 0. The van der Waals surface area contributed by atoms with Crippen LogP contribution in [0.3, 0.4) is 0 Å². The summed E-state index contributed by atoms with van der Waals surface area (Å²) in [6, 6.07) is 4.91. The number of phenols is 2. The standard InChI is InChI=1S/C13H22N2O2/c1-15(2)8-4-3-7-14-10-11-5-6-12(16)13(17)9-11/h5-6,9,14,16-17H,3-4,7-8,10H2,1-2H3. The molecule has 0 amide bonds. The molecular formula is C13H22N2O2. The van der Waals surface area contributed by atoms with E-state index in [1.807, 2.05) is 6.07 Å². The van der Waals surface area contributed by atoms with E-state index in [1.54, 1.807) is 6.07 Å². The Morgan fingerprint density at radius 3 is 2.53 bits per heavy atom. The fraction of sp³-hybridized carbons (Fsp3) is 0.538. The van der Waals surface area contributed by atoms with E-state index in [9.17, 15) is 5.11 Å². The number of unbranched alkanes of at least 4 members (excludes halogenated alkanes) is 1. The highest BCUT2D eigenvalue weighted by molar-refractivity contribution is 5.40. The minimum absolute atomic E-state index is 0.0584. The molecule has 0 aliphatic carbocycles. The molecule has 4 nitrogen and oxygen atoms in total. The molecule has 0 aliphatic rings. The zero-order valence-electron chi connectivity index (χ0n) is 10.6. The van der Waals surface area contributed by atoms with E-state index < -0.39 is 0 Å². The summed E-state index contributed by atoms with van der Waals surface area (Å²) in [5, 5.41) is 21.8. The molecular weight excluding hydrogens is 216 g/mol. The van der Waals surface area contributed by atoms with Gasteiger partial charge in [-0.1, -0.05) is 6.07 Å². The molecule has 0 heterocycles. The Morgan fingerprint density at radius 2 is 1.88 bits per heavy atom. The van der Waals surface area contributed by atoms with Gasteiger partial charge in [0.05, 0.1) is 0 Å². The van der Waals surface area contributed by atoms with E-state index >= 15 is 0 Å². The summed E-state index contributed by atoms with van der Waals surface area (Å²) in [5.74, 6) is -0.128. The smallest absolute Gasteiger partial charge is 0.157 e. The van der Waals surface area contributed by atoms with Crippen LogP contribution in [0.5, 0.6) is 11.5 Å². The number of aromatic hydroxyl groups is 2. The largest absolute Gasteiger partial charge is 0.504 e. The highest BCUT2D eigenvalue weighted by Crippen LogP contribution is 2.24. The molecule has 0 saturated carbocycles. The van der Waals surface area contributed by atoms with Crippen LogP contribution in [-0.2, 0) is 6.54 Å². The zero-order chi connectivity index (χ0) is 12.7. The fourth-order valence-electron chi connectivity index (χ4n) is 1.59. The van der Waals surface area contributed by atoms with Gasteiger partial charge in [0, 0.05) is 6.54 Å². The second-order valence-corrected chi connectivity index (χ2v) is 4.51. The van der Waals surface area contributed by atoms with E-state index in [-0.39, 0.29) is 11.5 Å². The van der Waals surface area contributed by atoms with Gasteiger partial charge >= 0.3 is 0 Å². The first-order valence-electron chi connectivity index (χ1n) is 5.96. The van der Waals surface area contributed by atoms with Crippen LogP contribution >= 0.6 is 0 Å². The van der Waals surface area contributed by atoms with Gasteiger partial charge in [-0.25, -0.2) is 0 Å². The number of nitrogens with zero attached hydrogens (tertiary/aromatic N) is 1. The highest BCUT2D eigenvalue weighted by Gasteiger charge is 2.00. The number of hydrogen-bond acceptors (Lipinski definition) is 4. The van der Waals surface area contributed by atoms with Crippen LogP contribution in [0, 0.1) is 0 Å². The third-order valence-electron chi connectivity index (χ3n) is 2.58. The Kier molecular flexibility index (Phi) is 5.80. The predicted octanol–water partition coefficient (Wildman–Crippen LogP) is 1.53. The van der Waals surface area contributed by atoms with E-state index in [1.165, 1.54) is 12.5 Å². The van der Waals surface area contributed by atoms with Gasteiger partial charge < -0.3 is 20.4 Å². The molecule has 17 heavy (non-hydrogen) atoms. The van der Waals surface area contributed by atoms with Crippen LogP contribution < -0.4 is 5.32 Å². The fourth-order valence-corrected chi connectivity index (χ4v) is 1.59. The van der Waals surface area contributed by atoms with Crippen molar-refractivity contribution < 1.29 is 10.2 Å². The van der Waals surface area contributed by atoms with Crippen LogP contribution in [0.1, 0.15) is 18.4 Å². The van der Waals surface area contributed by atoms with Gasteiger partial charge in [-0.15, -0.1) is 0 Å². The van der Waals surface area contributed by atoms with E-state index in [0.29, 0.717) is 0 Å². The molecule has 0 bridgehead atoms. The van der Waals surface area contributed by atoms with Gasteiger partial charge in [-0.2, -0.15) is 0 Å². The molecule has 1 aromatic carbocycles. The minimum Gasteiger partial charge on any atom is -0.504 e. The SMILES string of the molecule is CN(C)CCCCNCc1ccc(O)c(O)c1. The molecule has 0 radical (unpaired) electrons. The lowest BCUT2D eigenvalue weighted by Gasteiger charge is -2.09. The normalized spacial score (nSPS) is 11.0. The van der Waals surface area contributed by atoms with Crippen molar-refractivity contribution in [3.63, 3.8) is 0 Å². The maximum Gasteiger partial charge on any atom is 0.157 e. The predicted molar refractivity (Wildman–Crippen MR) is 69.3 cm³/mol. The van der Waals surface area contributed by atoms with Crippen molar-refractivity contribution >= 4 is 0 Å². The third kappa shape index (κ3) is 5.56. The van der Waals surface area contributed by atoms with Gasteiger partial charge in [0.25, 0.3) is 0 Å². The lowest BCUT2D eigenvalue weighted by atomic mass is 10.2. The van der Waals surface area contributed by atoms with Crippen LogP contribution in [0.4, 0.5) is 0 Å². The van der Waals surface area contributed by atoms with Crippen molar-refractivity contribution in [2.75, 3.05) is 27.2 Å². The molecule has 0 atom stereocenters. The molecule has 1 rings (SSSR count). The highest BCUT2D eigenvalue weighted by atomic mass is 16.3. The lowest BCUT2D eigenvalue weighted by molar-refractivity contribution is 0.391. The number of nitrogens with one attached hydrogen (secondary N) is 1. The number of phenolic OH excluding ortho intramolecular Hbond substituents is 2. The lowest BCUT2D eigenvalue weighted by Crippen LogP contribution is -2.18. The minimum atomic E-state index is -0.0697. The summed E-state index contributed by atoms with van der Waals surface area (Å²) in [7, 11) is 4.15. The summed E-state index contributed by atoms with van der Waals surface area (Å²) in [6.07, 6.45) is 2.32. The quantitative estimate of drug-likeness (QED) is 0.498. The maximum atomic E-state index is 9.32. The number of rotatable bonds is 7. The van der Waals surface area contributed by atoms with Crippen molar-refractivity contribution in [3.8, 4) is 11.5 Å². The van der Waals surface area contributed by atoms with Crippen molar-refractivity contribution in [2.24, 2.45) is 0 Å². The summed E-state index contributed by atoms with van der Waals surface area (Å²) < 4.78 is 0. The monoisotopic (exact) mass is 238 g/mol. The molecule has 0 aromatic heterocycles. The molecule has 0 saturated heterocycles. The third-order valence-corrected chi connectivity index (χ3v) is 2.58. The molecule has 0 unspecified atom stereocenters. The first-order chi connectivity index (χ1) is 8.09. The number of hydrogen-bond donors (Lipinski definition) is 3. The Bertz CT molecular complexity index is 340. The molecule has 1 aromatic rings. The van der Waals surface area contributed by atoms with Crippen LogP contribution in [0.2, 0.25) is 0 Å². The van der Waals surface area contributed by atoms with Gasteiger partial charge in [0.15, 0.2) is 11.5 Å². The average molecular weight is 238 g/mol. The maximum absolute atomic E-state index is 9.32. The Hall–Kier alpha value is -1.26. The molecule has 4 heteroatoms. The summed E-state index contributed by atoms with van der Waals surface area (Å²) in [5.41, 5.74) is 0.980. The van der Waals surface area contributed by atoms with Crippen LogP contribution in [-0.4, -0.2) is 42.3 Å². The molecule has 3 N–H and O–H groups in total. The van der Waals surface area contributed by atoms with E-state index in [0.717, 1.165) is 31.6 Å².